The molecule has 0 radical (unpaired) electrons. The van der Waals surface area contributed by atoms with Crippen molar-refractivity contribution < 1.29 is 4.79 Å². The third kappa shape index (κ3) is 4.24. The van der Waals surface area contributed by atoms with Crippen LogP contribution < -0.4 is 5.32 Å². The second-order valence-corrected chi connectivity index (χ2v) is 8.20. The molecule has 0 unspecified atom stereocenters. The monoisotopic (exact) mass is 417 g/mol. The van der Waals surface area contributed by atoms with Crippen LogP contribution in [0.1, 0.15) is 45.6 Å². The lowest BCUT2D eigenvalue weighted by atomic mass is 10.00. The van der Waals surface area contributed by atoms with E-state index in [1.54, 1.807) is 0 Å². The topological polar surface area (TPSA) is 46.9 Å². The van der Waals surface area contributed by atoms with Crippen LogP contribution in [0.3, 0.4) is 0 Å². The molecule has 0 saturated carbocycles. The highest BCUT2D eigenvalue weighted by Crippen LogP contribution is 2.21. The molecule has 1 heterocycles. The van der Waals surface area contributed by atoms with Crippen molar-refractivity contribution in [3.63, 3.8) is 0 Å². The molecule has 5 heteroatoms. The first-order valence-corrected chi connectivity index (χ1v) is 10.4. The maximum absolute atomic E-state index is 12.9. The molecule has 0 saturated heterocycles. The van der Waals surface area contributed by atoms with Gasteiger partial charge in [-0.15, -0.1) is 0 Å². The molecular weight excluding hydrogens is 394 g/mol. The standard InChI is InChI=1S/C25H24ClN3O/c1-16-7-10-23(17(2)11-16)18(3)28-25(30)20-8-9-21-14-27-29(24(21)13-20)15-19-5-4-6-22(26)12-19/h4-14,18H,15H2,1-3H3,(H,28,30)/t18-/m0/s1. The molecule has 0 fully saturated rings. The Kier molecular flexibility index (Phi) is 5.60. The van der Waals surface area contributed by atoms with Crippen molar-refractivity contribution in [1.82, 2.24) is 15.1 Å². The van der Waals surface area contributed by atoms with Crippen molar-refractivity contribution in [3.05, 3.63) is 99.7 Å². The van der Waals surface area contributed by atoms with Gasteiger partial charge in [0, 0.05) is 16.0 Å². The number of rotatable bonds is 5. The van der Waals surface area contributed by atoms with E-state index >= 15 is 0 Å². The van der Waals surface area contributed by atoms with Crippen molar-refractivity contribution in [1.29, 1.82) is 0 Å². The minimum atomic E-state index is -0.0973. The first-order valence-electron chi connectivity index (χ1n) is 9.99. The number of nitrogens with one attached hydrogen (secondary N) is 1. The summed E-state index contributed by atoms with van der Waals surface area (Å²) in [6, 6.07) is 19.6. The molecule has 30 heavy (non-hydrogen) atoms. The van der Waals surface area contributed by atoms with Gasteiger partial charge in [-0.05, 0) is 61.7 Å². The van der Waals surface area contributed by atoms with Crippen molar-refractivity contribution in [2.75, 3.05) is 0 Å². The lowest BCUT2D eigenvalue weighted by Gasteiger charge is -2.17. The number of hydrogen-bond acceptors (Lipinski definition) is 2. The normalized spacial score (nSPS) is 12.1. The maximum atomic E-state index is 12.9. The minimum Gasteiger partial charge on any atom is -0.346 e. The number of carbonyl (C=O) groups excluding carboxylic acids is 1. The average molecular weight is 418 g/mol. The predicted octanol–water partition coefficient (Wildman–Crippen LogP) is 5.85. The summed E-state index contributed by atoms with van der Waals surface area (Å²) in [6.45, 7) is 6.75. The summed E-state index contributed by atoms with van der Waals surface area (Å²) in [5, 5.41) is 9.31. The van der Waals surface area contributed by atoms with Crippen molar-refractivity contribution in [2.24, 2.45) is 0 Å². The van der Waals surface area contributed by atoms with Crippen molar-refractivity contribution in [3.8, 4) is 0 Å². The molecule has 0 aliphatic heterocycles. The molecular formula is C25H24ClN3O. The average Bonchev–Trinajstić information content (AvgIpc) is 3.10. The summed E-state index contributed by atoms with van der Waals surface area (Å²) in [7, 11) is 0. The van der Waals surface area contributed by atoms with Gasteiger partial charge in [-0.3, -0.25) is 9.48 Å². The molecule has 1 aromatic heterocycles. The highest BCUT2D eigenvalue weighted by Gasteiger charge is 2.15. The first kappa shape index (κ1) is 20.2. The van der Waals surface area contributed by atoms with Gasteiger partial charge in [0.25, 0.3) is 5.91 Å². The smallest absolute Gasteiger partial charge is 0.251 e. The van der Waals surface area contributed by atoms with Gasteiger partial charge in [-0.25, -0.2) is 0 Å². The van der Waals surface area contributed by atoms with Gasteiger partial charge in [0.2, 0.25) is 0 Å². The molecule has 152 valence electrons. The molecule has 0 bridgehead atoms. The van der Waals surface area contributed by atoms with Gasteiger partial charge < -0.3 is 5.32 Å². The van der Waals surface area contributed by atoms with Gasteiger partial charge in [-0.2, -0.15) is 5.10 Å². The van der Waals surface area contributed by atoms with Crippen LogP contribution in [-0.4, -0.2) is 15.7 Å². The molecule has 4 aromatic rings. The molecule has 0 aliphatic rings. The highest BCUT2D eigenvalue weighted by atomic mass is 35.5. The molecule has 4 nitrogen and oxygen atoms in total. The first-order chi connectivity index (χ1) is 14.4. The Labute approximate surface area is 181 Å². The number of carbonyl (C=O) groups is 1. The van der Waals surface area contributed by atoms with E-state index in [2.05, 4.69) is 42.5 Å². The summed E-state index contributed by atoms with van der Waals surface area (Å²) >= 11 is 6.11. The number of halogens is 1. The number of amides is 1. The molecule has 1 atom stereocenters. The SMILES string of the molecule is Cc1ccc([C@H](C)NC(=O)c2ccc3cnn(Cc4cccc(Cl)c4)c3c2)c(C)c1. The Balaban J connectivity index is 1.57. The summed E-state index contributed by atoms with van der Waals surface area (Å²) in [5.41, 5.74) is 6.12. The van der Waals surface area contributed by atoms with E-state index in [0.717, 1.165) is 22.0 Å². The van der Waals surface area contributed by atoms with Gasteiger partial charge in [0.05, 0.1) is 24.3 Å². The van der Waals surface area contributed by atoms with Crippen LogP contribution in [0.2, 0.25) is 5.02 Å². The van der Waals surface area contributed by atoms with E-state index in [-0.39, 0.29) is 11.9 Å². The highest BCUT2D eigenvalue weighted by molar-refractivity contribution is 6.30. The van der Waals surface area contributed by atoms with E-state index in [0.29, 0.717) is 17.1 Å². The zero-order valence-electron chi connectivity index (χ0n) is 17.3. The maximum Gasteiger partial charge on any atom is 0.251 e. The number of nitrogens with zero attached hydrogens (tertiary/aromatic N) is 2. The molecule has 4 rings (SSSR count). The Bertz CT molecular complexity index is 1230. The van der Waals surface area contributed by atoms with E-state index in [4.69, 9.17) is 11.6 Å². The van der Waals surface area contributed by atoms with Gasteiger partial charge in [0.15, 0.2) is 0 Å². The predicted molar refractivity (Wildman–Crippen MR) is 122 cm³/mol. The Morgan fingerprint density at radius 1 is 1.10 bits per heavy atom. The summed E-state index contributed by atoms with van der Waals surface area (Å²) < 4.78 is 1.89. The minimum absolute atomic E-state index is 0.0785. The van der Waals surface area contributed by atoms with Crippen LogP contribution in [0.25, 0.3) is 10.9 Å². The van der Waals surface area contributed by atoms with Crippen LogP contribution in [0.4, 0.5) is 0 Å². The van der Waals surface area contributed by atoms with Crippen molar-refractivity contribution >= 4 is 28.4 Å². The van der Waals surface area contributed by atoms with Crippen LogP contribution >= 0.6 is 11.6 Å². The van der Waals surface area contributed by atoms with Crippen LogP contribution in [0, 0.1) is 13.8 Å². The summed E-state index contributed by atoms with van der Waals surface area (Å²) in [5.74, 6) is -0.0973. The zero-order valence-corrected chi connectivity index (χ0v) is 18.1. The molecule has 1 amide bonds. The third-order valence-electron chi connectivity index (χ3n) is 5.37. The fourth-order valence-electron chi connectivity index (χ4n) is 3.82. The summed E-state index contributed by atoms with van der Waals surface area (Å²) in [4.78, 5) is 12.9. The summed E-state index contributed by atoms with van der Waals surface area (Å²) in [6.07, 6.45) is 1.82. The lowest BCUT2D eigenvalue weighted by molar-refractivity contribution is 0.0940. The van der Waals surface area contributed by atoms with Gasteiger partial charge in [-0.1, -0.05) is 53.6 Å². The zero-order chi connectivity index (χ0) is 21.3. The lowest BCUT2D eigenvalue weighted by Crippen LogP contribution is -2.27. The third-order valence-corrected chi connectivity index (χ3v) is 5.60. The van der Waals surface area contributed by atoms with E-state index in [1.165, 1.54) is 11.1 Å². The quantitative estimate of drug-likeness (QED) is 0.443. The molecule has 3 aromatic carbocycles. The van der Waals surface area contributed by atoms with Crippen molar-refractivity contribution in [2.45, 2.75) is 33.4 Å². The second kappa shape index (κ2) is 8.33. The number of fused-ring (bicyclic) bond motifs is 1. The Hall–Kier alpha value is -3.11. The van der Waals surface area contributed by atoms with Crippen LogP contribution in [0.5, 0.6) is 0 Å². The largest absolute Gasteiger partial charge is 0.346 e. The number of hydrogen-bond donors (Lipinski definition) is 1. The number of aromatic nitrogens is 2. The van der Waals surface area contributed by atoms with Gasteiger partial charge in [0.1, 0.15) is 0 Å². The van der Waals surface area contributed by atoms with E-state index < -0.39 is 0 Å². The number of benzene rings is 3. The fraction of sp³-hybridized carbons (Fsp3) is 0.200. The van der Waals surface area contributed by atoms with Gasteiger partial charge >= 0.3 is 0 Å². The molecule has 1 N–H and O–H groups in total. The Morgan fingerprint density at radius 2 is 1.93 bits per heavy atom. The Morgan fingerprint density at radius 3 is 2.70 bits per heavy atom. The van der Waals surface area contributed by atoms with E-state index in [9.17, 15) is 4.79 Å². The molecule has 0 aliphatic carbocycles. The second-order valence-electron chi connectivity index (χ2n) is 7.76. The fourth-order valence-corrected chi connectivity index (χ4v) is 4.03. The number of aryl methyl sites for hydroxylation is 2. The van der Waals surface area contributed by atoms with E-state index in [1.807, 2.05) is 60.3 Å². The van der Waals surface area contributed by atoms with Crippen LogP contribution in [0.15, 0.2) is 66.9 Å². The molecule has 0 spiro atoms. The van der Waals surface area contributed by atoms with Crippen LogP contribution in [-0.2, 0) is 6.54 Å².